The number of nitrogens with zero attached hydrogens (tertiary/aromatic N) is 1. The number of hydrogen-bond donors (Lipinski definition) is 10. The number of carbonyl (C=O) groups excluding carboxylic acids is 3. The van der Waals surface area contributed by atoms with Crippen LogP contribution in [0.25, 0.3) is 0 Å². The number of hydrogen-bond acceptors (Lipinski definition) is 9. The molecule has 17 nitrogen and oxygen atoms in total. The van der Waals surface area contributed by atoms with Crippen LogP contribution in [0, 0.1) is 0 Å². The van der Waals surface area contributed by atoms with Crippen LogP contribution < -0.4 is 33.2 Å². The van der Waals surface area contributed by atoms with E-state index in [1.54, 1.807) is 0 Å². The molecule has 4 atom stereocenters. The fourth-order valence-corrected chi connectivity index (χ4v) is 2.73. The zero-order chi connectivity index (χ0) is 27.8. The van der Waals surface area contributed by atoms with Crippen molar-refractivity contribution in [3.8, 4) is 0 Å². The predicted molar refractivity (Wildman–Crippen MR) is 122 cm³/mol. The third kappa shape index (κ3) is 13.7. The van der Waals surface area contributed by atoms with Gasteiger partial charge in [0.25, 0.3) is 0 Å². The molecule has 0 aliphatic carbocycles. The molecule has 0 bridgehead atoms. The molecule has 204 valence electrons. The van der Waals surface area contributed by atoms with E-state index in [1.165, 1.54) is 0 Å². The zero-order valence-corrected chi connectivity index (χ0v) is 19.4. The van der Waals surface area contributed by atoms with Crippen LogP contribution in [0.1, 0.15) is 38.5 Å². The number of carbonyl (C=O) groups is 6. The minimum atomic E-state index is -1.68. The Kier molecular flexibility index (Phi) is 14.8. The lowest BCUT2D eigenvalue weighted by Gasteiger charge is -2.24. The second-order valence-corrected chi connectivity index (χ2v) is 7.62. The maximum atomic E-state index is 12.7. The number of nitrogens with two attached hydrogens (primary N) is 3. The van der Waals surface area contributed by atoms with Crippen molar-refractivity contribution < 1.29 is 49.2 Å². The van der Waals surface area contributed by atoms with Gasteiger partial charge in [0, 0.05) is 19.4 Å². The summed E-state index contributed by atoms with van der Waals surface area (Å²) in [5.41, 5.74) is 16.2. The van der Waals surface area contributed by atoms with Gasteiger partial charge in [0.15, 0.2) is 5.96 Å². The summed E-state index contributed by atoms with van der Waals surface area (Å²) in [5.74, 6) is -7.22. The Bertz CT molecular complexity index is 831. The number of carboxylic acid groups (broad SMARTS) is 3. The number of carboxylic acids is 3. The highest BCUT2D eigenvalue weighted by atomic mass is 16.4. The smallest absolute Gasteiger partial charge is 0.326 e. The van der Waals surface area contributed by atoms with Crippen molar-refractivity contribution in [3.63, 3.8) is 0 Å². The molecule has 0 unspecified atom stereocenters. The summed E-state index contributed by atoms with van der Waals surface area (Å²) in [6, 6.07) is -5.84. The van der Waals surface area contributed by atoms with Crippen LogP contribution >= 0.6 is 0 Å². The molecular weight excluding hydrogens is 486 g/mol. The Morgan fingerprint density at radius 3 is 1.67 bits per heavy atom. The molecule has 3 amide bonds. The van der Waals surface area contributed by atoms with E-state index in [2.05, 4.69) is 15.6 Å². The van der Waals surface area contributed by atoms with E-state index < -0.39 is 85.7 Å². The topological polar surface area (TPSA) is 310 Å². The molecule has 0 spiro atoms. The van der Waals surface area contributed by atoms with E-state index in [4.69, 9.17) is 32.5 Å². The number of aliphatic carboxylic acids is 3. The summed E-state index contributed by atoms with van der Waals surface area (Å²) in [6.07, 6.45) is -1.49. The Balaban J connectivity index is 5.25. The zero-order valence-electron chi connectivity index (χ0n) is 19.4. The summed E-state index contributed by atoms with van der Waals surface area (Å²) in [6.45, 7) is -0.782. The molecule has 0 aliphatic heterocycles. The van der Waals surface area contributed by atoms with Crippen LogP contribution in [-0.4, -0.2) is 99.3 Å². The first-order valence-electron chi connectivity index (χ1n) is 10.8. The van der Waals surface area contributed by atoms with Gasteiger partial charge in [-0.3, -0.25) is 29.0 Å². The Hall–Kier alpha value is -3.99. The van der Waals surface area contributed by atoms with E-state index in [-0.39, 0.29) is 25.3 Å². The van der Waals surface area contributed by atoms with Crippen LogP contribution in [-0.2, 0) is 28.8 Å². The summed E-state index contributed by atoms with van der Waals surface area (Å²) >= 11 is 0. The summed E-state index contributed by atoms with van der Waals surface area (Å²) in [7, 11) is 0. The molecule has 36 heavy (non-hydrogen) atoms. The lowest BCUT2D eigenvalue weighted by Crippen LogP contribution is -2.58. The van der Waals surface area contributed by atoms with Gasteiger partial charge in [-0.15, -0.1) is 0 Å². The third-order valence-corrected chi connectivity index (χ3v) is 4.66. The average molecular weight is 520 g/mol. The number of aliphatic imine (C=N–C) groups is 1. The summed E-state index contributed by atoms with van der Waals surface area (Å²) in [4.78, 5) is 74.0. The number of nitrogens with one attached hydrogen (secondary N) is 3. The molecule has 0 aromatic heterocycles. The van der Waals surface area contributed by atoms with Crippen molar-refractivity contribution in [2.75, 3.05) is 13.2 Å². The lowest BCUT2D eigenvalue weighted by molar-refractivity contribution is -0.143. The van der Waals surface area contributed by atoms with Crippen LogP contribution in [0.3, 0.4) is 0 Å². The molecule has 0 aromatic carbocycles. The largest absolute Gasteiger partial charge is 0.481 e. The summed E-state index contributed by atoms with van der Waals surface area (Å²) in [5, 5.41) is 42.7. The number of aliphatic hydroxyl groups excluding tert-OH is 1. The highest BCUT2D eigenvalue weighted by molar-refractivity contribution is 5.94. The van der Waals surface area contributed by atoms with Gasteiger partial charge < -0.3 is 53.6 Å². The van der Waals surface area contributed by atoms with E-state index in [0.29, 0.717) is 6.42 Å². The fraction of sp³-hybridized carbons (Fsp3) is 0.632. The Labute approximate surface area is 205 Å². The number of guanidine groups is 1. The van der Waals surface area contributed by atoms with Gasteiger partial charge in [-0.05, 0) is 25.7 Å². The second-order valence-electron chi connectivity index (χ2n) is 7.62. The van der Waals surface area contributed by atoms with Crippen molar-refractivity contribution in [3.05, 3.63) is 0 Å². The molecule has 0 heterocycles. The van der Waals surface area contributed by atoms with E-state index in [1.807, 2.05) is 5.32 Å². The highest BCUT2D eigenvalue weighted by Gasteiger charge is 2.30. The monoisotopic (exact) mass is 519 g/mol. The van der Waals surface area contributed by atoms with Crippen molar-refractivity contribution in [1.82, 2.24) is 16.0 Å². The molecule has 0 saturated carbocycles. The maximum absolute atomic E-state index is 12.7. The van der Waals surface area contributed by atoms with E-state index in [9.17, 15) is 33.9 Å². The predicted octanol–water partition coefficient (Wildman–Crippen LogP) is -4.37. The molecule has 0 rings (SSSR count). The molecule has 0 radical (unpaired) electrons. The minimum absolute atomic E-state index is 0.129. The molecular formula is C19H33N7O10. The first kappa shape index (κ1) is 32.0. The minimum Gasteiger partial charge on any atom is -0.481 e. The van der Waals surface area contributed by atoms with Gasteiger partial charge >= 0.3 is 17.9 Å². The van der Waals surface area contributed by atoms with Gasteiger partial charge in [-0.25, -0.2) is 4.79 Å². The van der Waals surface area contributed by atoms with Crippen LogP contribution in [0.4, 0.5) is 0 Å². The number of aliphatic hydroxyl groups is 1. The molecule has 0 fully saturated rings. The van der Waals surface area contributed by atoms with Crippen LogP contribution in [0.2, 0.25) is 0 Å². The quantitative estimate of drug-likeness (QED) is 0.0465. The highest BCUT2D eigenvalue weighted by Crippen LogP contribution is 2.04. The maximum Gasteiger partial charge on any atom is 0.326 e. The van der Waals surface area contributed by atoms with Gasteiger partial charge in [-0.1, -0.05) is 0 Å². The molecule has 17 heteroatoms. The van der Waals surface area contributed by atoms with E-state index >= 15 is 0 Å². The van der Waals surface area contributed by atoms with Gasteiger partial charge in [0.2, 0.25) is 17.7 Å². The lowest BCUT2D eigenvalue weighted by atomic mass is 10.1. The molecule has 0 aromatic rings. The van der Waals surface area contributed by atoms with Crippen molar-refractivity contribution in [2.24, 2.45) is 22.2 Å². The molecule has 0 saturated heterocycles. The van der Waals surface area contributed by atoms with Gasteiger partial charge in [-0.2, -0.15) is 0 Å². The average Bonchev–Trinajstić information content (AvgIpc) is 2.79. The Morgan fingerprint density at radius 1 is 0.722 bits per heavy atom. The Morgan fingerprint density at radius 2 is 1.19 bits per heavy atom. The molecule has 0 aliphatic rings. The number of rotatable bonds is 18. The summed E-state index contributed by atoms with van der Waals surface area (Å²) < 4.78 is 0. The van der Waals surface area contributed by atoms with Gasteiger partial charge in [0.05, 0.1) is 12.6 Å². The first-order valence-corrected chi connectivity index (χ1v) is 10.8. The SMILES string of the molecule is NC(N)=NCCC[C@H](N)C(=O)N[C@@H](CCC(=O)O)C(=O)N[C@@H](CO)C(=O)N[C@@H](CCC(=O)O)C(=O)O. The van der Waals surface area contributed by atoms with Crippen molar-refractivity contribution >= 4 is 41.6 Å². The first-order chi connectivity index (χ1) is 16.8. The standard InChI is InChI=1S/C19H33N7O10/c20-9(2-1-7-23-19(21)22)15(32)24-10(3-5-13(28)29)16(33)26-12(8-27)17(34)25-11(18(35)36)4-6-14(30)31/h9-12,27H,1-8,20H2,(H,24,32)(H,25,34)(H,26,33)(H,28,29)(H,30,31)(H,35,36)(H4,21,22,23)/t9-,10-,11-,12-/m0/s1. The molecule has 13 N–H and O–H groups in total. The fourth-order valence-electron chi connectivity index (χ4n) is 2.73. The normalized spacial score (nSPS) is 13.8. The van der Waals surface area contributed by atoms with Crippen LogP contribution in [0.5, 0.6) is 0 Å². The third-order valence-electron chi connectivity index (χ3n) is 4.66. The van der Waals surface area contributed by atoms with Crippen LogP contribution in [0.15, 0.2) is 4.99 Å². The van der Waals surface area contributed by atoms with Crippen molar-refractivity contribution in [2.45, 2.75) is 62.7 Å². The van der Waals surface area contributed by atoms with Crippen molar-refractivity contribution in [1.29, 1.82) is 0 Å². The number of amides is 3. The van der Waals surface area contributed by atoms with Gasteiger partial charge in [0.1, 0.15) is 18.1 Å². The second kappa shape index (κ2) is 16.6. The van der Waals surface area contributed by atoms with E-state index in [0.717, 1.165) is 0 Å².